The minimum Gasteiger partial charge on any atom is -0.493 e. The summed E-state index contributed by atoms with van der Waals surface area (Å²) in [4.78, 5) is 12.9. The minimum atomic E-state index is -5.24. The Bertz CT molecular complexity index is 1500. The lowest BCUT2D eigenvalue weighted by molar-refractivity contribution is -0.210. The summed E-state index contributed by atoms with van der Waals surface area (Å²) in [5.41, 5.74) is -4.15. The van der Waals surface area contributed by atoms with E-state index in [4.69, 9.17) is 4.74 Å². The lowest BCUT2D eigenvalue weighted by atomic mass is 9.75. The van der Waals surface area contributed by atoms with Gasteiger partial charge < -0.3 is 9.84 Å². The number of aliphatic hydroxyl groups is 1. The number of hydrogen-bond donors (Lipinski definition) is 3. The van der Waals surface area contributed by atoms with Gasteiger partial charge in [0.05, 0.1) is 18.4 Å². The van der Waals surface area contributed by atoms with E-state index in [9.17, 15) is 44.7 Å². The molecule has 0 saturated heterocycles. The summed E-state index contributed by atoms with van der Waals surface area (Å²) in [6.07, 6.45) is -11.1. The summed E-state index contributed by atoms with van der Waals surface area (Å²) < 4.78 is 128. The van der Waals surface area contributed by atoms with Crippen LogP contribution in [-0.2, 0) is 20.4 Å². The van der Waals surface area contributed by atoms with Crippen LogP contribution >= 0.6 is 0 Å². The zero-order valence-electron chi connectivity index (χ0n) is 23.5. The second-order valence-electron chi connectivity index (χ2n) is 11.0. The van der Waals surface area contributed by atoms with Crippen molar-refractivity contribution >= 4 is 21.5 Å². The van der Waals surface area contributed by atoms with Crippen molar-refractivity contribution < 1.29 is 53.8 Å². The quantitative estimate of drug-likeness (QED) is 0.209. The minimum absolute atomic E-state index is 0.0967. The average molecular weight is 653 g/mol. The van der Waals surface area contributed by atoms with Crippen molar-refractivity contribution in [3.05, 3.63) is 70.5 Å². The monoisotopic (exact) mass is 652 g/mol. The molecular weight excluding hydrogens is 621 g/mol. The standard InChI is InChI=1S/C29H31F7N2O5S/c1-44(41,42)38-26(40)24-21(19-9-7-18(8-10-19)17-5-6-17)16-27(29(34,35)36,37-25(24)39)22-12-11-20(15-23(22)30)43-14-4-2-3-13-28(31,32)33/h7-12,15,17,25,37,39H,2-6,13-14,16H2,1H3,(H,38,40)/t25?,27-/m0/s1. The van der Waals surface area contributed by atoms with E-state index in [0.29, 0.717) is 18.2 Å². The van der Waals surface area contributed by atoms with Crippen LogP contribution in [0.2, 0.25) is 0 Å². The van der Waals surface area contributed by atoms with Gasteiger partial charge in [0.25, 0.3) is 5.91 Å². The molecule has 2 aromatic carbocycles. The molecule has 0 aromatic heterocycles. The largest absolute Gasteiger partial charge is 0.493 e. The van der Waals surface area contributed by atoms with Gasteiger partial charge in [-0.1, -0.05) is 30.3 Å². The summed E-state index contributed by atoms with van der Waals surface area (Å²) in [5, 5.41) is 12.8. The van der Waals surface area contributed by atoms with Gasteiger partial charge in [-0.05, 0) is 60.8 Å². The molecule has 1 heterocycles. The number of aliphatic hydroxyl groups excluding tert-OH is 1. The van der Waals surface area contributed by atoms with Crippen molar-refractivity contribution in [1.82, 2.24) is 10.0 Å². The number of ether oxygens (including phenoxy) is 1. The molecule has 1 aliphatic heterocycles. The number of benzene rings is 2. The molecule has 7 nitrogen and oxygen atoms in total. The second kappa shape index (κ2) is 12.7. The van der Waals surface area contributed by atoms with Crippen LogP contribution in [0.5, 0.6) is 5.75 Å². The maximum atomic E-state index is 15.5. The van der Waals surface area contributed by atoms with E-state index in [1.165, 1.54) is 12.1 Å². The van der Waals surface area contributed by atoms with Crippen LogP contribution in [0.4, 0.5) is 30.7 Å². The highest BCUT2D eigenvalue weighted by molar-refractivity contribution is 7.89. The van der Waals surface area contributed by atoms with Crippen LogP contribution in [0.1, 0.15) is 67.6 Å². The summed E-state index contributed by atoms with van der Waals surface area (Å²) >= 11 is 0. The number of halogens is 7. The van der Waals surface area contributed by atoms with Crippen LogP contribution in [0, 0.1) is 5.82 Å². The highest BCUT2D eigenvalue weighted by Crippen LogP contribution is 2.50. The first-order valence-corrected chi connectivity index (χ1v) is 15.7. The molecule has 2 aromatic rings. The fraction of sp³-hybridized carbons (Fsp3) is 0.483. The number of amides is 1. The maximum Gasteiger partial charge on any atom is 0.411 e. The topological polar surface area (TPSA) is 105 Å². The Hall–Kier alpha value is -3.17. The smallest absolute Gasteiger partial charge is 0.411 e. The Morgan fingerprint density at radius 3 is 2.25 bits per heavy atom. The third-order valence-corrected chi connectivity index (χ3v) is 8.07. The Labute approximate surface area is 249 Å². The van der Waals surface area contributed by atoms with Gasteiger partial charge in [0, 0.05) is 24.5 Å². The van der Waals surface area contributed by atoms with Gasteiger partial charge in [-0.25, -0.2) is 17.5 Å². The van der Waals surface area contributed by atoms with Gasteiger partial charge in [0.15, 0.2) is 0 Å². The third kappa shape index (κ3) is 8.10. The van der Waals surface area contributed by atoms with Crippen molar-refractivity contribution in [3.8, 4) is 5.75 Å². The predicted molar refractivity (Wildman–Crippen MR) is 146 cm³/mol. The van der Waals surface area contributed by atoms with Crippen molar-refractivity contribution in [3.63, 3.8) is 0 Å². The molecule has 44 heavy (non-hydrogen) atoms. The lowest BCUT2D eigenvalue weighted by Gasteiger charge is -2.44. The molecule has 2 aliphatic rings. The van der Waals surface area contributed by atoms with E-state index in [2.05, 4.69) is 0 Å². The van der Waals surface area contributed by atoms with Crippen LogP contribution in [0.3, 0.4) is 0 Å². The molecule has 2 atom stereocenters. The molecule has 1 fully saturated rings. The molecule has 0 bridgehead atoms. The predicted octanol–water partition coefficient (Wildman–Crippen LogP) is 5.80. The molecule has 242 valence electrons. The van der Waals surface area contributed by atoms with Gasteiger partial charge in [-0.15, -0.1) is 0 Å². The molecule has 15 heteroatoms. The normalized spacial score (nSPS) is 21.3. The van der Waals surface area contributed by atoms with Crippen molar-refractivity contribution in [2.24, 2.45) is 0 Å². The van der Waals surface area contributed by atoms with E-state index >= 15 is 4.39 Å². The van der Waals surface area contributed by atoms with Crippen LogP contribution in [0.25, 0.3) is 5.57 Å². The lowest BCUT2D eigenvalue weighted by Crippen LogP contribution is -2.61. The van der Waals surface area contributed by atoms with Crippen molar-refractivity contribution in [1.29, 1.82) is 0 Å². The third-order valence-electron chi connectivity index (χ3n) is 7.51. The molecule has 1 saturated carbocycles. The fourth-order valence-corrected chi connectivity index (χ4v) is 5.68. The van der Waals surface area contributed by atoms with E-state index in [1.807, 2.05) is 5.32 Å². The summed E-state index contributed by atoms with van der Waals surface area (Å²) in [5.74, 6) is -2.56. The van der Waals surface area contributed by atoms with Crippen molar-refractivity contribution in [2.75, 3.05) is 12.9 Å². The molecule has 1 aliphatic carbocycles. The number of hydrogen-bond acceptors (Lipinski definition) is 6. The van der Waals surface area contributed by atoms with E-state index in [0.717, 1.165) is 30.5 Å². The van der Waals surface area contributed by atoms with Crippen LogP contribution < -0.4 is 14.8 Å². The molecule has 1 unspecified atom stereocenters. The van der Waals surface area contributed by atoms with E-state index in [1.54, 1.807) is 16.9 Å². The van der Waals surface area contributed by atoms with Gasteiger partial charge in [0.1, 0.15) is 23.3 Å². The van der Waals surface area contributed by atoms with Crippen molar-refractivity contribution in [2.45, 2.75) is 75.0 Å². The Balaban J connectivity index is 1.67. The molecular formula is C29H31F7N2O5S. The number of sulfonamides is 1. The number of unbranched alkanes of at least 4 members (excludes halogenated alkanes) is 2. The first kappa shape index (κ1) is 33.7. The summed E-state index contributed by atoms with van der Waals surface area (Å²) in [6, 6.07) is 8.87. The van der Waals surface area contributed by atoms with E-state index in [-0.39, 0.29) is 42.8 Å². The number of carbonyl (C=O) groups excluding carboxylic acids is 1. The number of rotatable bonds is 11. The van der Waals surface area contributed by atoms with Gasteiger partial charge in [-0.3, -0.25) is 10.1 Å². The van der Waals surface area contributed by atoms with Crippen LogP contribution in [0.15, 0.2) is 48.0 Å². The first-order valence-electron chi connectivity index (χ1n) is 13.8. The Morgan fingerprint density at radius 1 is 1.05 bits per heavy atom. The zero-order valence-corrected chi connectivity index (χ0v) is 24.3. The van der Waals surface area contributed by atoms with Gasteiger partial charge in [-0.2, -0.15) is 26.3 Å². The molecule has 1 amide bonds. The maximum absolute atomic E-state index is 15.5. The van der Waals surface area contributed by atoms with Gasteiger partial charge >= 0.3 is 12.4 Å². The number of carbonyl (C=O) groups is 1. The fourth-order valence-electron chi connectivity index (χ4n) is 5.23. The van der Waals surface area contributed by atoms with Crippen LogP contribution in [-0.4, -0.2) is 50.9 Å². The highest BCUT2D eigenvalue weighted by atomic mass is 32.2. The molecule has 0 radical (unpaired) electrons. The second-order valence-corrected chi connectivity index (χ2v) is 12.8. The molecule has 3 N–H and O–H groups in total. The SMILES string of the molecule is CS(=O)(=O)NC(=O)C1=C(c2ccc(C3CC3)cc2)C[C@](c2ccc(OCCCCCC(F)(F)F)cc2F)(C(F)(F)F)NC1O. The number of nitrogens with one attached hydrogen (secondary N) is 2. The highest BCUT2D eigenvalue weighted by Gasteiger charge is 2.60. The molecule has 4 rings (SSSR count). The average Bonchev–Trinajstić information content (AvgIpc) is 3.74. The Kier molecular flexibility index (Phi) is 9.71. The summed E-state index contributed by atoms with van der Waals surface area (Å²) in [6.45, 7) is -0.0967. The summed E-state index contributed by atoms with van der Waals surface area (Å²) in [7, 11) is -4.17. The number of alkyl halides is 6. The zero-order chi connectivity index (χ0) is 32.5. The molecule has 0 spiro atoms. The van der Waals surface area contributed by atoms with Gasteiger partial charge in [0.2, 0.25) is 10.0 Å². The van der Waals surface area contributed by atoms with E-state index < -0.39 is 69.8 Å². The first-order chi connectivity index (χ1) is 20.4. The Morgan fingerprint density at radius 2 is 1.70 bits per heavy atom.